The van der Waals surface area contributed by atoms with E-state index in [0.29, 0.717) is 22.5 Å². The number of fused-ring (bicyclic) bond motifs is 1. The van der Waals surface area contributed by atoms with Gasteiger partial charge in [-0.05, 0) is 24.3 Å². The summed E-state index contributed by atoms with van der Waals surface area (Å²) >= 11 is 0. The first-order valence-corrected chi connectivity index (χ1v) is 6.61. The van der Waals surface area contributed by atoms with Gasteiger partial charge in [-0.2, -0.15) is 0 Å². The van der Waals surface area contributed by atoms with Gasteiger partial charge >= 0.3 is 0 Å². The van der Waals surface area contributed by atoms with Crippen LogP contribution in [0.5, 0.6) is 11.5 Å². The smallest absolute Gasteiger partial charge is 0.271 e. The molecule has 8 nitrogen and oxygen atoms in total. The molecule has 0 radical (unpaired) electrons. The third-order valence-corrected chi connectivity index (χ3v) is 3.29. The lowest BCUT2D eigenvalue weighted by molar-refractivity contribution is -0.384. The molecular formula is C15H12N4O4. The molecule has 0 spiro atoms. The molecule has 0 atom stereocenters. The molecule has 0 saturated carbocycles. The van der Waals surface area contributed by atoms with Crippen LogP contribution in [-0.4, -0.2) is 27.1 Å². The average Bonchev–Trinajstić information content (AvgIpc) is 2.56. The zero-order valence-electron chi connectivity index (χ0n) is 12.1. The largest absolute Gasteiger partial charge is 0.506 e. The number of anilines is 2. The highest BCUT2D eigenvalue weighted by molar-refractivity contribution is 5.92. The topological polar surface area (TPSA) is 110 Å². The maximum Gasteiger partial charge on any atom is 0.271 e. The van der Waals surface area contributed by atoms with Crippen LogP contribution >= 0.6 is 0 Å². The summed E-state index contributed by atoms with van der Waals surface area (Å²) in [6, 6.07) is 9.00. The van der Waals surface area contributed by atoms with Gasteiger partial charge in [-0.3, -0.25) is 10.1 Å². The standard InChI is InChI=1S/C15H12N4O4/c1-23-10-3-4-12-11(7-10)15(17-8-16-12)18-13-6-9(19(21)22)2-5-14(13)20/h2-8,20H,1H3,(H,16,17,18). The number of non-ortho nitro benzene ring substituents is 1. The van der Waals surface area contributed by atoms with E-state index in [0.717, 1.165) is 0 Å². The molecule has 1 heterocycles. The quantitative estimate of drug-likeness (QED) is 0.433. The molecule has 0 bridgehead atoms. The second-order valence-corrected chi connectivity index (χ2v) is 4.69. The van der Waals surface area contributed by atoms with Crippen LogP contribution in [0.15, 0.2) is 42.7 Å². The summed E-state index contributed by atoms with van der Waals surface area (Å²) in [4.78, 5) is 18.6. The number of aromatic hydroxyl groups is 1. The van der Waals surface area contributed by atoms with E-state index in [1.807, 2.05) is 0 Å². The van der Waals surface area contributed by atoms with Crippen molar-refractivity contribution in [2.24, 2.45) is 0 Å². The molecule has 1 aromatic heterocycles. The highest BCUT2D eigenvalue weighted by atomic mass is 16.6. The molecule has 3 aromatic rings. The number of methoxy groups -OCH3 is 1. The van der Waals surface area contributed by atoms with Crippen molar-refractivity contribution >= 4 is 28.1 Å². The lowest BCUT2D eigenvalue weighted by Gasteiger charge is -2.10. The molecule has 2 N–H and O–H groups in total. The predicted octanol–water partition coefficient (Wildman–Crippen LogP) is 3.00. The number of hydrogen-bond donors (Lipinski definition) is 2. The van der Waals surface area contributed by atoms with Crippen LogP contribution in [0.4, 0.5) is 17.2 Å². The zero-order chi connectivity index (χ0) is 16.4. The summed E-state index contributed by atoms with van der Waals surface area (Å²) < 4.78 is 5.18. The number of nitro groups is 1. The first-order valence-electron chi connectivity index (χ1n) is 6.61. The minimum Gasteiger partial charge on any atom is -0.506 e. The van der Waals surface area contributed by atoms with Gasteiger partial charge in [0.2, 0.25) is 0 Å². The van der Waals surface area contributed by atoms with Crippen molar-refractivity contribution in [1.29, 1.82) is 0 Å². The Hall–Kier alpha value is -3.42. The summed E-state index contributed by atoms with van der Waals surface area (Å²) in [6.45, 7) is 0. The monoisotopic (exact) mass is 312 g/mol. The van der Waals surface area contributed by atoms with Gasteiger partial charge in [-0.15, -0.1) is 0 Å². The van der Waals surface area contributed by atoms with Crippen LogP contribution in [0.2, 0.25) is 0 Å². The van der Waals surface area contributed by atoms with E-state index < -0.39 is 4.92 Å². The van der Waals surface area contributed by atoms with E-state index >= 15 is 0 Å². The van der Waals surface area contributed by atoms with Crippen LogP contribution < -0.4 is 10.1 Å². The number of aromatic nitrogens is 2. The summed E-state index contributed by atoms with van der Waals surface area (Å²) in [7, 11) is 1.55. The number of rotatable bonds is 4. The number of hydrogen-bond acceptors (Lipinski definition) is 7. The Balaban J connectivity index is 2.08. The molecule has 0 amide bonds. The van der Waals surface area contributed by atoms with Crippen molar-refractivity contribution in [2.75, 3.05) is 12.4 Å². The molecule has 116 valence electrons. The van der Waals surface area contributed by atoms with E-state index in [1.165, 1.54) is 24.5 Å². The molecular weight excluding hydrogens is 300 g/mol. The van der Waals surface area contributed by atoms with Gasteiger partial charge in [-0.1, -0.05) is 0 Å². The maximum atomic E-state index is 10.9. The SMILES string of the molecule is COc1ccc2ncnc(Nc3cc([N+](=O)[O-])ccc3O)c2c1. The van der Waals surface area contributed by atoms with Gasteiger partial charge in [0.05, 0.1) is 23.2 Å². The Morgan fingerprint density at radius 3 is 2.78 bits per heavy atom. The van der Waals surface area contributed by atoms with Crippen LogP contribution in [0.1, 0.15) is 0 Å². The fourth-order valence-electron chi connectivity index (χ4n) is 2.13. The first kappa shape index (κ1) is 14.5. The average molecular weight is 312 g/mol. The minimum absolute atomic E-state index is 0.120. The molecule has 0 aliphatic rings. The van der Waals surface area contributed by atoms with Crippen LogP contribution in [0.3, 0.4) is 0 Å². The van der Waals surface area contributed by atoms with Crippen LogP contribution in [-0.2, 0) is 0 Å². The molecule has 23 heavy (non-hydrogen) atoms. The summed E-state index contributed by atoms with van der Waals surface area (Å²) in [5, 5.41) is 24.3. The Labute approximate surface area is 130 Å². The number of nitrogens with zero attached hydrogens (tertiary/aromatic N) is 3. The van der Waals surface area contributed by atoms with Gasteiger partial charge in [0.25, 0.3) is 5.69 Å². The second kappa shape index (κ2) is 5.76. The van der Waals surface area contributed by atoms with E-state index in [4.69, 9.17) is 4.74 Å². The van der Waals surface area contributed by atoms with Crippen molar-refractivity contribution in [3.63, 3.8) is 0 Å². The molecule has 8 heteroatoms. The maximum absolute atomic E-state index is 10.9. The minimum atomic E-state index is -0.536. The molecule has 0 fully saturated rings. The summed E-state index contributed by atoms with van der Waals surface area (Å²) in [5.74, 6) is 0.911. The van der Waals surface area contributed by atoms with E-state index in [-0.39, 0.29) is 17.1 Å². The number of phenols is 1. The number of nitrogens with one attached hydrogen (secondary N) is 1. The first-order chi connectivity index (χ1) is 11.1. The third-order valence-electron chi connectivity index (χ3n) is 3.29. The Morgan fingerprint density at radius 2 is 2.04 bits per heavy atom. The Bertz CT molecular complexity index is 898. The Kier molecular flexibility index (Phi) is 3.63. The molecule has 0 saturated heterocycles. The van der Waals surface area contributed by atoms with Gasteiger partial charge in [0.1, 0.15) is 23.6 Å². The van der Waals surface area contributed by atoms with Crippen molar-refractivity contribution in [2.45, 2.75) is 0 Å². The molecule has 0 unspecified atom stereocenters. The second-order valence-electron chi connectivity index (χ2n) is 4.69. The van der Waals surface area contributed by atoms with Gasteiger partial charge in [0, 0.05) is 17.5 Å². The van der Waals surface area contributed by atoms with Gasteiger partial charge < -0.3 is 15.2 Å². The van der Waals surface area contributed by atoms with Crippen LogP contribution in [0.25, 0.3) is 10.9 Å². The molecule has 0 aliphatic heterocycles. The normalized spacial score (nSPS) is 10.5. The van der Waals surface area contributed by atoms with Crippen LogP contribution in [0, 0.1) is 10.1 Å². The molecule has 2 aromatic carbocycles. The van der Waals surface area contributed by atoms with Gasteiger partial charge in [0.15, 0.2) is 0 Å². The molecule has 3 rings (SSSR count). The van der Waals surface area contributed by atoms with Crippen molar-refractivity contribution in [1.82, 2.24) is 9.97 Å². The number of nitro benzene ring substituents is 1. The fraction of sp³-hybridized carbons (Fsp3) is 0.0667. The fourth-order valence-corrected chi connectivity index (χ4v) is 2.13. The Morgan fingerprint density at radius 1 is 1.22 bits per heavy atom. The van der Waals surface area contributed by atoms with E-state index in [1.54, 1.807) is 25.3 Å². The highest BCUT2D eigenvalue weighted by Crippen LogP contribution is 2.32. The predicted molar refractivity (Wildman–Crippen MR) is 84.1 cm³/mol. The molecule has 0 aliphatic carbocycles. The number of phenolic OH excluding ortho intramolecular Hbond substituents is 1. The van der Waals surface area contributed by atoms with Crippen molar-refractivity contribution in [3.05, 3.63) is 52.8 Å². The summed E-state index contributed by atoms with van der Waals surface area (Å²) in [6.07, 6.45) is 1.37. The lowest BCUT2D eigenvalue weighted by Crippen LogP contribution is -1.98. The summed E-state index contributed by atoms with van der Waals surface area (Å²) in [5.41, 5.74) is 0.719. The van der Waals surface area contributed by atoms with Crippen molar-refractivity contribution < 1.29 is 14.8 Å². The van der Waals surface area contributed by atoms with E-state index in [2.05, 4.69) is 15.3 Å². The van der Waals surface area contributed by atoms with Gasteiger partial charge in [-0.25, -0.2) is 9.97 Å². The zero-order valence-corrected chi connectivity index (χ0v) is 12.1. The highest BCUT2D eigenvalue weighted by Gasteiger charge is 2.12. The van der Waals surface area contributed by atoms with Crippen molar-refractivity contribution in [3.8, 4) is 11.5 Å². The lowest BCUT2D eigenvalue weighted by atomic mass is 10.2. The number of benzene rings is 2. The third kappa shape index (κ3) is 2.82. The number of ether oxygens (including phenoxy) is 1. The van der Waals surface area contributed by atoms with E-state index in [9.17, 15) is 15.2 Å².